The van der Waals surface area contributed by atoms with Crippen LogP contribution in [0, 0.1) is 11.6 Å². The predicted octanol–water partition coefficient (Wildman–Crippen LogP) is 5.51. The molecular weight excluding hydrogens is 456 g/mol. The number of amides is 1. The lowest BCUT2D eigenvalue weighted by molar-refractivity contribution is 0.102. The number of nitrogens with zero attached hydrogens (tertiary/aromatic N) is 2. The van der Waals surface area contributed by atoms with Crippen molar-refractivity contribution in [3.63, 3.8) is 0 Å². The molecule has 1 amide bonds. The number of nitrogens with one attached hydrogen (secondary N) is 3. The predicted molar refractivity (Wildman–Crippen MR) is 129 cm³/mol. The molecule has 0 bridgehead atoms. The minimum atomic E-state index is -0.679. The normalized spacial score (nSPS) is 10.4. The van der Waals surface area contributed by atoms with Gasteiger partial charge >= 0.3 is 0 Å². The smallest absolute Gasteiger partial charge is 0.255 e. The van der Waals surface area contributed by atoms with Crippen LogP contribution in [0.4, 0.5) is 37.6 Å². The number of methoxy groups -OCH3 is 2. The fraction of sp³-hybridized carbons (Fsp3) is 0.0800. The van der Waals surface area contributed by atoms with Gasteiger partial charge in [0.2, 0.25) is 5.95 Å². The second-order valence-corrected chi connectivity index (χ2v) is 7.28. The van der Waals surface area contributed by atoms with Crippen molar-refractivity contribution in [2.75, 3.05) is 30.2 Å². The van der Waals surface area contributed by atoms with Gasteiger partial charge in [0, 0.05) is 40.8 Å². The lowest BCUT2D eigenvalue weighted by atomic mass is 10.1. The van der Waals surface area contributed by atoms with Crippen LogP contribution in [0.3, 0.4) is 0 Å². The molecule has 1 aromatic heterocycles. The fourth-order valence-corrected chi connectivity index (χ4v) is 3.14. The van der Waals surface area contributed by atoms with Crippen LogP contribution in [0.15, 0.2) is 72.9 Å². The van der Waals surface area contributed by atoms with Gasteiger partial charge in [0.15, 0.2) is 11.6 Å². The first-order valence-electron chi connectivity index (χ1n) is 10.4. The summed E-state index contributed by atoms with van der Waals surface area (Å²) in [5.41, 5.74) is 1.84. The van der Waals surface area contributed by atoms with Gasteiger partial charge in [0.25, 0.3) is 5.91 Å². The Kier molecular flexibility index (Phi) is 7.01. The Morgan fingerprint density at radius 2 is 1.54 bits per heavy atom. The summed E-state index contributed by atoms with van der Waals surface area (Å²) in [6.45, 7) is 0. The third-order valence-corrected chi connectivity index (χ3v) is 4.84. The van der Waals surface area contributed by atoms with Crippen LogP contribution in [0.1, 0.15) is 10.4 Å². The van der Waals surface area contributed by atoms with Crippen molar-refractivity contribution in [1.82, 2.24) is 9.97 Å². The van der Waals surface area contributed by atoms with E-state index in [1.165, 1.54) is 38.5 Å². The van der Waals surface area contributed by atoms with Crippen molar-refractivity contribution >= 4 is 34.7 Å². The van der Waals surface area contributed by atoms with Gasteiger partial charge in [-0.2, -0.15) is 4.98 Å². The molecule has 0 saturated carbocycles. The Hall–Kier alpha value is -4.73. The van der Waals surface area contributed by atoms with E-state index in [1.807, 2.05) is 0 Å². The number of ether oxygens (including phenoxy) is 2. The SMILES string of the molecule is COc1cc(NC(=O)c2cccc(Nc3ncc(F)c(Nc4ccc(F)cc4)n3)c2)cc(OC)c1. The zero-order chi connectivity index (χ0) is 24.8. The Labute approximate surface area is 200 Å². The van der Waals surface area contributed by atoms with E-state index in [2.05, 4.69) is 25.9 Å². The summed E-state index contributed by atoms with van der Waals surface area (Å²) in [7, 11) is 3.04. The molecule has 0 saturated heterocycles. The molecule has 0 aliphatic rings. The van der Waals surface area contributed by atoms with Crippen molar-refractivity contribution in [2.24, 2.45) is 0 Å². The molecule has 0 spiro atoms. The van der Waals surface area contributed by atoms with Gasteiger partial charge in [0.05, 0.1) is 20.4 Å². The quantitative estimate of drug-likeness (QED) is 0.308. The van der Waals surface area contributed by atoms with Crippen molar-refractivity contribution in [1.29, 1.82) is 0 Å². The van der Waals surface area contributed by atoms with Gasteiger partial charge in [-0.25, -0.2) is 13.8 Å². The first-order chi connectivity index (χ1) is 16.9. The number of benzene rings is 3. The summed E-state index contributed by atoms with van der Waals surface area (Å²) in [6.07, 6.45) is 1.01. The third-order valence-electron chi connectivity index (χ3n) is 4.84. The lowest BCUT2D eigenvalue weighted by Crippen LogP contribution is -2.12. The summed E-state index contributed by atoms with van der Waals surface area (Å²) in [5.74, 6) is -0.358. The molecule has 3 N–H and O–H groups in total. The van der Waals surface area contributed by atoms with Crippen LogP contribution in [0.2, 0.25) is 0 Å². The van der Waals surface area contributed by atoms with Gasteiger partial charge in [0.1, 0.15) is 17.3 Å². The van der Waals surface area contributed by atoms with Gasteiger partial charge in [-0.15, -0.1) is 0 Å². The molecular formula is C25H21F2N5O3. The molecule has 3 aromatic carbocycles. The lowest BCUT2D eigenvalue weighted by Gasteiger charge is -2.12. The Bertz CT molecular complexity index is 1330. The molecule has 4 rings (SSSR count). The number of hydrogen-bond acceptors (Lipinski definition) is 7. The van der Waals surface area contributed by atoms with Crippen LogP contribution in [0.25, 0.3) is 0 Å². The second kappa shape index (κ2) is 10.5. The number of halogens is 2. The highest BCUT2D eigenvalue weighted by Crippen LogP contribution is 2.27. The van der Waals surface area contributed by atoms with E-state index >= 15 is 0 Å². The Balaban J connectivity index is 1.49. The molecule has 4 aromatic rings. The minimum Gasteiger partial charge on any atom is -0.497 e. The van der Waals surface area contributed by atoms with E-state index in [-0.39, 0.29) is 17.7 Å². The molecule has 8 nitrogen and oxygen atoms in total. The number of anilines is 5. The molecule has 0 fully saturated rings. The van der Waals surface area contributed by atoms with Crippen LogP contribution in [-0.4, -0.2) is 30.1 Å². The Morgan fingerprint density at radius 3 is 2.23 bits per heavy atom. The third kappa shape index (κ3) is 5.99. The van der Waals surface area contributed by atoms with Crippen LogP contribution >= 0.6 is 0 Å². The molecule has 0 unspecified atom stereocenters. The summed E-state index contributed by atoms with van der Waals surface area (Å²) >= 11 is 0. The number of carbonyl (C=O) groups is 1. The van der Waals surface area contributed by atoms with Crippen molar-refractivity contribution in [3.05, 3.63) is 90.1 Å². The summed E-state index contributed by atoms with van der Waals surface area (Å²) < 4.78 is 37.8. The molecule has 35 heavy (non-hydrogen) atoms. The summed E-state index contributed by atoms with van der Waals surface area (Å²) in [6, 6.07) is 17.1. The molecule has 178 valence electrons. The van der Waals surface area contributed by atoms with Crippen molar-refractivity contribution in [3.8, 4) is 11.5 Å². The Morgan fingerprint density at radius 1 is 0.829 bits per heavy atom. The van der Waals surface area contributed by atoms with Crippen molar-refractivity contribution in [2.45, 2.75) is 0 Å². The standard InChI is InChI=1S/C25H21F2N5O3/c1-34-20-11-19(12-21(13-20)35-2)30-24(33)15-4-3-5-18(10-15)31-25-28-14-22(27)23(32-25)29-17-8-6-16(26)7-9-17/h3-14H,1-2H3,(H,30,33)(H2,28,29,31,32). The van der Waals surface area contributed by atoms with E-state index in [9.17, 15) is 13.6 Å². The number of hydrogen-bond donors (Lipinski definition) is 3. The number of carbonyl (C=O) groups excluding carboxylic acids is 1. The molecule has 0 aliphatic carbocycles. The minimum absolute atomic E-state index is 0.0880. The maximum Gasteiger partial charge on any atom is 0.255 e. The fourth-order valence-electron chi connectivity index (χ4n) is 3.14. The molecule has 0 aliphatic heterocycles. The zero-order valence-corrected chi connectivity index (χ0v) is 18.8. The maximum atomic E-state index is 14.2. The van der Waals surface area contributed by atoms with Gasteiger partial charge in [-0.1, -0.05) is 6.07 Å². The van der Waals surface area contributed by atoms with Gasteiger partial charge in [-0.05, 0) is 42.5 Å². The number of aromatic nitrogens is 2. The zero-order valence-electron chi connectivity index (χ0n) is 18.8. The first kappa shape index (κ1) is 23.4. The topological polar surface area (TPSA) is 97.4 Å². The van der Waals surface area contributed by atoms with E-state index in [0.29, 0.717) is 34.1 Å². The largest absolute Gasteiger partial charge is 0.497 e. The van der Waals surface area contributed by atoms with Crippen LogP contribution < -0.4 is 25.4 Å². The molecule has 0 atom stereocenters. The summed E-state index contributed by atoms with van der Waals surface area (Å²) in [4.78, 5) is 20.9. The molecule has 10 heteroatoms. The van der Waals surface area contributed by atoms with Gasteiger partial charge in [-0.3, -0.25) is 4.79 Å². The monoisotopic (exact) mass is 477 g/mol. The highest BCUT2D eigenvalue weighted by molar-refractivity contribution is 6.05. The van der Waals surface area contributed by atoms with E-state index in [1.54, 1.807) is 42.5 Å². The van der Waals surface area contributed by atoms with E-state index < -0.39 is 11.6 Å². The highest BCUT2D eigenvalue weighted by Gasteiger charge is 2.11. The van der Waals surface area contributed by atoms with E-state index in [0.717, 1.165) is 6.20 Å². The second-order valence-electron chi connectivity index (χ2n) is 7.28. The van der Waals surface area contributed by atoms with Crippen molar-refractivity contribution < 1.29 is 23.0 Å². The molecule has 1 heterocycles. The van der Waals surface area contributed by atoms with Crippen LogP contribution in [0.5, 0.6) is 11.5 Å². The average molecular weight is 477 g/mol. The van der Waals surface area contributed by atoms with E-state index in [4.69, 9.17) is 9.47 Å². The first-order valence-corrected chi connectivity index (χ1v) is 10.4. The average Bonchev–Trinajstić information content (AvgIpc) is 2.87. The molecule has 0 radical (unpaired) electrons. The maximum absolute atomic E-state index is 14.2. The summed E-state index contributed by atoms with van der Waals surface area (Å²) in [5, 5.41) is 8.54. The number of rotatable bonds is 8. The highest BCUT2D eigenvalue weighted by atomic mass is 19.1. The van der Waals surface area contributed by atoms with Gasteiger partial charge < -0.3 is 25.4 Å². The van der Waals surface area contributed by atoms with Crippen LogP contribution in [-0.2, 0) is 0 Å².